The van der Waals surface area contributed by atoms with Crippen LogP contribution in [0.1, 0.15) is 48.1 Å². The van der Waals surface area contributed by atoms with Gasteiger partial charge in [0.2, 0.25) is 5.91 Å². The molecule has 2 rings (SSSR count). The Balaban J connectivity index is 2.30. The van der Waals surface area contributed by atoms with E-state index in [4.69, 9.17) is 4.74 Å². The molecule has 0 atom stereocenters. The minimum absolute atomic E-state index is 0.103. The molecule has 134 valence electrons. The fourth-order valence-corrected chi connectivity index (χ4v) is 3.10. The second-order valence-corrected chi connectivity index (χ2v) is 6.57. The Morgan fingerprint density at radius 3 is 2.40 bits per heavy atom. The van der Waals surface area contributed by atoms with Crippen molar-refractivity contribution in [3.63, 3.8) is 0 Å². The zero-order valence-electron chi connectivity index (χ0n) is 16.3. The second-order valence-electron chi connectivity index (χ2n) is 6.57. The summed E-state index contributed by atoms with van der Waals surface area (Å²) in [5, 5.41) is 0. The van der Waals surface area contributed by atoms with E-state index in [0.29, 0.717) is 13.0 Å². The summed E-state index contributed by atoms with van der Waals surface area (Å²) in [5.41, 5.74) is 6.87. The lowest BCUT2D eigenvalue weighted by molar-refractivity contribution is -0.118. The minimum Gasteiger partial charge on any atom is -0.489 e. The topological polar surface area (TPSA) is 29.5 Å². The van der Waals surface area contributed by atoms with Crippen LogP contribution in [0.3, 0.4) is 0 Å². The number of nitrogens with zero attached hydrogens (tertiary/aromatic N) is 1. The van der Waals surface area contributed by atoms with Crippen LogP contribution in [0.5, 0.6) is 5.75 Å². The molecule has 0 bridgehead atoms. The van der Waals surface area contributed by atoms with Crippen molar-refractivity contribution in [1.29, 1.82) is 0 Å². The summed E-state index contributed by atoms with van der Waals surface area (Å²) in [4.78, 5) is 13.8. The molecule has 0 radical (unpaired) electrons. The molecule has 25 heavy (non-hydrogen) atoms. The fourth-order valence-electron chi connectivity index (χ4n) is 3.10. The zero-order chi connectivity index (χ0) is 18.6. The third-order valence-electron chi connectivity index (χ3n) is 4.81. The summed E-state index contributed by atoms with van der Waals surface area (Å²) in [6, 6.07) is 10.4. The van der Waals surface area contributed by atoms with Gasteiger partial charge in [-0.2, -0.15) is 0 Å². The number of aryl methyl sites for hydroxylation is 4. The quantitative estimate of drug-likeness (QED) is 0.730. The third-order valence-corrected chi connectivity index (χ3v) is 4.81. The summed E-state index contributed by atoms with van der Waals surface area (Å²) >= 11 is 0. The molecule has 0 aliphatic rings. The van der Waals surface area contributed by atoms with Gasteiger partial charge in [-0.15, -0.1) is 0 Å². The Morgan fingerprint density at radius 2 is 1.76 bits per heavy atom. The van der Waals surface area contributed by atoms with Gasteiger partial charge >= 0.3 is 0 Å². The van der Waals surface area contributed by atoms with Crippen molar-refractivity contribution in [2.75, 3.05) is 11.9 Å². The van der Waals surface area contributed by atoms with E-state index < -0.39 is 0 Å². The zero-order valence-corrected chi connectivity index (χ0v) is 16.3. The smallest absolute Gasteiger partial charge is 0.226 e. The van der Waals surface area contributed by atoms with Crippen LogP contribution in [0, 0.1) is 20.8 Å². The van der Waals surface area contributed by atoms with Crippen LogP contribution in [-0.4, -0.2) is 13.0 Å². The standard InChI is InChI=1S/C22H29NO2/c1-7-18-12-17(5)21(13-16(18)4)25-14-19-15(3)10-9-11-20(19)23(6)22(24)8-2/h9-13H,7-8,14H2,1-6H3. The van der Waals surface area contributed by atoms with Gasteiger partial charge in [0.1, 0.15) is 12.4 Å². The molecule has 3 heteroatoms. The third kappa shape index (κ3) is 4.22. The van der Waals surface area contributed by atoms with Crippen LogP contribution in [0.4, 0.5) is 5.69 Å². The van der Waals surface area contributed by atoms with Crippen LogP contribution in [0.25, 0.3) is 0 Å². The number of carbonyl (C=O) groups is 1. The van der Waals surface area contributed by atoms with Crippen molar-refractivity contribution >= 4 is 11.6 Å². The summed E-state index contributed by atoms with van der Waals surface area (Å²) in [6.07, 6.45) is 1.51. The number of rotatable bonds is 6. The number of benzene rings is 2. The lowest BCUT2D eigenvalue weighted by atomic mass is 10.0. The summed E-state index contributed by atoms with van der Waals surface area (Å²) in [5.74, 6) is 1.01. The van der Waals surface area contributed by atoms with Crippen LogP contribution in [0.2, 0.25) is 0 Å². The van der Waals surface area contributed by atoms with Gasteiger partial charge in [-0.25, -0.2) is 0 Å². The highest BCUT2D eigenvalue weighted by Gasteiger charge is 2.15. The van der Waals surface area contributed by atoms with E-state index in [-0.39, 0.29) is 5.91 Å². The van der Waals surface area contributed by atoms with Gasteiger partial charge in [0.15, 0.2) is 0 Å². The molecule has 2 aromatic rings. The second kappa shape index (κ2) is 8.19. The highest BCUT2D eigenvalue weighted by molar-refractivity contribution is 5.93. The largest absolute Gasteiger partial charge is 0.489 e. The van der Waals surface area contributed by atoms with Gasteiger partial charge in [0, 0.05) is 19.0 Å². The molecule has 0 saturated carbocycles. The predicted octanol–water partition coefficient (Wildman–Crippen LogP) is 5.13. The molecule has 0 unspecified atom stereocenters. The molecule has 0 N–H and O–H groups in total. The molecular formula is C22H29NO2. The van der Waals surface area contributed by atoms with Crippen molar-refractivity contribution < 1.29 is 9.53 Å². The van der Waals surface area contributed by atoms with Crippen LogP contribution in [0.15, 0.2) is 30.3 Å². The SMILES string of the molecule is CCC(=O)N(C)c1cccc(C)c1COc1cc(C)c(CC)cc1C. The normalized spacial score (nSPS) is 10.6. The Hall–Kier alpha value is -2.29. The molecule has 0 aliphatic heterocycles. The van der Waals surface area contributed by atoms with E-state index in [9.17, 15) is 4.79 Å². The Morgan fingerprint density at radius 1 is 1.04 bits per heavy atom. The molecule has 0 fully saturated rings. The van der Waals surface area contributed by atoms with Gasteiger partial charge in [0.25, 0.3) is 0 Å². The number of anilines is 1. The van der Waals surface area contributed by atoms with Gasteiger partial charge in [0.05, 0.1) is 5.69 Å². The first-order valence-corrected chi connectivity index (χ1v) is 8.96. The maximum atomic E-state index is 12.1. The fraction of sp³-hybridized carbons (Fsp3) is 0.409. The van der Waals surface area contributed by atoms with E-state index in [0.717, 1.165) is 34.5 Å². The molecule has 0 heterocycles. The molecule has 1 amide bonds. The first kappa shape index (κ1) is 19.0. The van der Waals surface area contributed by atoms with Crippen molar-refractivity contribution in [2.24, 2.45) is 0 Å². The van der Waals surface area contributed by atoms with Crippen molar-refractivity contribution in [3.05, 3.63) is 58.1 Å². The van der Waals surface area contributed by atoms with Gasteiger partial charge < -0.3 is 9.64 Å². The van der Waals surface area contributed by atoms with Crippen LogP contribution < -0.4 is 9.64 Å². The first-order chi connectivity index (χ1) is 11.9. The number of hydrogen-bond donors (Lipinski definition) is 0. The van der Waals surface area contributed by atoms with E-state index in [1.165, 1.54) is 11.1 Å². The Kier molecular flexibility index (Phi) is 6.24. The minimum atomic E-state index is 0.103. The maximum Gasteiger partial charge on any atom is 0.226 e. The number of hydrogen-bond acceptors (Lipinski definition) is 2. The molecule has 0 saturated heterocycles. The molecule has 3 nitrogen and oxygen atoms in total. The summed E-state index contributed by atoms with van der Waals surface area (Å²) in [6.45, 7) is 10.8. The lowest BCUT2D eigenvalue weighted by Gasteiger charge is -2.22. The average Bonchev–Trinajstić information content (AvgIpc) is 2.61. The Labute approximate surface area is 151 Å². The Bertz CT molecular complexity index is 765. The van der Waals surface area contributed by atoms with Gasteiger partial charge in [-0.3, -0.25) is 4.79 Å². The van der Waals surface area contributed by atoms with Crippen LogP contribution >= 0.6 is 0 Å². The number of amides is 1. The average molecular weight is 339 g/mol. The highest BCUT2D eigenvalue weighted by Crippen LogP contribution is 2.28. The van der Waals surface area contributed by atoms with Crippen molar-refractivity contribution in [1.82, 2.24) is 0 Å². The van der Waals surface area contributed by atoms with E-state index in [1.807, 2.05) is 26.1 Å². The maximum absolute atomic E-state index is 12.1. The molecule has 0 aliphatic carbocycles. The molecule has 0 aromatic heterocycles. The monoisotopic (exact) mass is 339 g/mol. The van der Waals surface area contributed by atoms with Crippen molar-refractivity contribution in [2.45, 2.75) is 54.1 Å². The summed E-state index contributed by atoms with van der Waals surface area (Å²) < 4.78 is 6.15. The van der Waals surface area contributed by atoms with Gasteiger partial charge in [-0.05, 0) is 61.6 Å². The van der Waals surface area contributed by atoms with E-state index in [1.54, 1.807) is 4.90 Å². The summed E-state index contributed by atoms with van der Waals surface area (Å²) in [7, 11) is 1.83. The first-order valence-electron chi connectivity index (χ1n) is 8.96. The lowest BCUT2D eigenvalue weighted by Crippen LogP contribution is -2.26. The molecular weight excluding hydrogens is 310 g/mol. The number of carbonyl (C=O) groups excluding carboxylic acids is 1. The number of ether oxygens (including phenoxy) is 1. The molecule has 2 aromatic carbocycles. The van der Waals surface area contributed by atoms with Crippen LogP contribution in [-0.2, 0) is 17.8 Å². The highest BCUT2D eigenvalue weighted by atomic mass is 16.5. The van der Waals surface area contributed by atoms with Gasteiger partial charge in [-0.1, -0.05) is 32.0 Å². The van der Waals surface area contributed by atoms with E-state index in [2.05, 4.69) is 45.9 Å². The molecule has 0 spiro atoms. The van der Waals surface area contributed by atoms with E-state index >= 15 is 0 Å². The predicted molar refractivity (Wildman–Crippen MR) is 105 cm³/mol. The van der Waals surface area contributed by atoms with Crippen molar-refractivity contribution in [3.8, 4) is 5.75 Å².